The average Bonchev–Trinajstić information content (AvgIpc) is 3.12. The normalized spacial score (nSPS) is 11.7. The molecule has 0 saturated carbocycles. The summed E-state index contributed by atoms with van der Waals surface area (Å²) in [5.74, 6) is 1.43. The van der Waals surface area contributed by atoms with Gasteiger partial charge in [-0.2, -0.15) is 0 Å². The van der Waals surface area contributed by atoms with Gasteiger partial charge >= 0.3 is 0 Å². The zero-order valence-electron chi connectivity index (χ0n) is 15.5. The van der Waals surface area contributed by atoms with Crippen molar-refractivity contribution >= 4 is 5.91 Å². The second-order valence-corrected chi connectivity index (χ2v) is 5.87. The molecule has 3 aromatic rings. The van der Waals surface area contributed by atoms with Crippen molar-refractivity contribution in [3.63, 3.8) is 0 Å². The van der Waals surface area contributed by atoms with Crippen molar-refractivity contribution in [2.24, 2.45) is 7.05 Å². The molecule has 1 aromatic carbocycles. The fraction of sp³-hybridized carbons (Fsp3) is 0.250. The number of nitrogens with one attached hydrogen (secondary N) is 1. The summed E-state index contributed by atoms with van der Waals surface area (Å²) in [6.07, 6.45) is 5.13. The number of ether oxygens (including phenoxy) is 2. The van der Waals surface area contributed by atoms with Crippen LogP contribution in [-0.4, -0.2) is 34.2 Å². The van der Waals surface area contributed by atoms with Crippen LogP contribution in [0.15, 0.2) is 55.0 Å². The second kappa shape index (κ2) is 8.35. The minimum atomic E-state index is -0.456. The van der Waals surface area contributed by atoms with Crippen LogP contribution >= 0.6 is 0 Å². The van der Waals surface area contributed by atoms with Gasteiger partial charge in [-0.3, -0.25) is 4.79 Å². The monoisotopic (exact) mass is 366 g/mol. The molecule has 1 amide bonds. The summed E-state index contributed by atoms with van der Waals surface area (Å²) in [5.41, 5.74) is 1.24. The highest BCUT2D eigenvalue weighted by Crippen LogP contribution is 2.25. The van der Waals surface area contributed by atoms with E-state index in [2.05, 4.69) is 15.3 Å². The minimum absolute atomic E-state index is 0.289. The molecule has 1 atom stereocenters. The summed E-state index contributed by atoms with van der Waals surface area (Å²) in [4.78, 5) is 21.6. The number of hydrogen-bond donors (Lipinski definition) is 1. The number of hydrogen-bond acceptors (Lipinski definition) is 5. The summed E-state index contributed by atoms with van der Waals surface area (Å²) in [7, 11) is 3.49. The molecule has 0 fully saturated rings. The standard InChI is InChI=1S/C20H22N4O3/c1-4-27-20-16(9-6-10-22-20)19(25)23-17(18-21-11-12-24(18)2)14-7-5-8-15(13-14)26-3/h5-13,17H,4H2,1-3H3,(H,23,25)/t17-/m1/s1. The molecule has 0 radical (unpaired) electrons. The minimum Gasteiger partial charge on any atom is -0.497 e. The summed E-state index contributed by atoms with van der Waals surface area (Å²) < 4.78 is 12.7. The number of aromatic nitrogens is 3. The summed E-state index contributed by atoms with van der Waals surface area (Å²) in [5, 5.41) is 3.05. The lowest BCUT2D eigenvalue weighted by Gasteiger charge is -2.20. The quantitative estimate of drug-likeness (QED) is 0.696. The van der Waals surface area contributed by atoms with E-state index in [0.717, 1.165) is 5.56 Å². The van der Waals surface area contributed by atoms with Crippen LogP contribution in [-0.2, 0) is 7.05 Å². The fourth-order valence-electron chi connectivity index (χ4n) is 2.80. The molecule has 0 aliphatic carbocycles. The Kier molecular flexibility index (Phi) is 5.71. The molecule has 0 unspecified atom stereocenters. The number of amides is 1. The number of benzene rings is 1. The van der Waals surface area contributed by atoms with E-state index < -0.39 is 6.04 Å². The van der Waals surface area contributed by atoms with Crippen LogP contribution in [0.5, 0.6) is 11.6 Å². The van der Waals surface area contributed by atoms with Gasteiger partial charge in [-0.05, 0) is 36.8 Å². The Hall–Kier alpha value is -3.35. The van der Waals surface area contributed by atoms with E-state index in [1.54, 1.807) is 31.6 Å². The molecule has 3 rings (SSSR count). The number of nitrogens with zero attached hydrogens (tertiary/aromatic N) is 3. The third-order valence-corrected chi connectivity index (χ3v) is 4.12. The smallest absolute Gasteiger partial charge is 0.257 e. The Morgan fingerprint density at radius 1 is 1.22 bits per heavy atom. The van der Waals surface area contributed by atoms with Gasteiger partial charge in [0.1, 0.15) is 23.2 Å². The number of aryl methyl sites for hydroxylation is 1. The van der Waals surface area contributed by atoms with E-state index in [9.17, 15) is 4.79 Å². The van der Waals surface area contributed by atoms with Crippen molar-refractivity contribution in [3.8, 4) is 11.6 Å². The molecular formula is C20H22N4O3. The molecule has 27 heavy (non-hydrogen) atoms. The molecule has 2 heterocycles. The molecule has 0 aliphatic heterocycles. The molecule has 0 saturated heterocycles. The number of imidazole rings is 1. The molecule has 140 valence electrons. The van der Waals surface area contributed by atoms with Crippen LogP contribution < -0.4 is 14.8 Å². The van der Waals surface area contributed by atoms with Crippen molar-refractivity contribution in [1.82, 2.24) is 19.9 Å². The van der Waals surface area contributed by atoms with Crippen molar-refractivity contribution < 1.29 is 14.3 Å². The van der Waals surface area contributed by atoms with E-state index in [1.165, 1.54) is 0 Å². The molecular weight excluding hydrogens is 344 g/mol. The van der Waals surface area contributed by atoms with Gasteiger partial charge in [-0.25, -0.2) is 9.97 Å². The van der Waals surface area contributed by atoms with Gasteiger partial charge < -0.3 is 19.4 Å². The van der Waals surface area contributed by atoms with Crippen LogP contribution in [0, 0.1) is 0 Å². The Balaban J connectivity index is 1.97. The number of carbonyl (C=O) groups excluding carboxylic acids is 1. The third-order valence-electron chi connectivity index (χ3n) is 4.12. The van der Waals surface area contributed by atoms with E-state index >= 15 is 0 Å². The van der Waals surface area contributed by atoms with E-state index in [1.807, 2.05) is 49.0 Å². The SMILES string of the molecule is CCOc1ncccc1C(=O)N[C@H](c1cccc(OC)c1)c1nccn1C. The summed E-state index contributed by atoms with van der Waals surface area (Å²) >= 11 is 0. The van der Waals surface area contributed by atoms with Crippen LogP contribution in [0.1, 0.15) is 34.7 Å². The lowest BCUT2D eigenvalue weighted by atomic mass is 10.0. The first-order chi connectivity index (χ1) is 13.1. The molecule has 0 spiro atoms. The van der Waals surface area contributed by atoms with Crippen molar-refractivity contribution in [2.75, 3.05) is 13.7 Å². The van der Waals surface area contributed by atoms with Gasteiger partial charge in [0.15, 0.2) is 0 Å². The van der Waals surface area contributed by atoms with E-state index in [4.69, 9.17) is 9.47 Å². The Labute approximate surface area is 158 Å². The molecule has 2 aromatic heterocycles. The highest BCUT2D eigenvalue weighted by Gasteiger charge is 2.23. The van der Waals surface area contributed by atoms with Crippen molar-refractivity contribution in [2.45, 2.75) is 13.0 Å². The van der Waals surface area contributed by atoms with Crippen LogP contribution in [0.2, 0.25) is 0 Å². The van der Waals surface area contributed by atoms with Gasteiger partial charge in [0.2, 0.25) is 5.88 Å². The van der Waals surface area contributed by atoms with Gasteiger partial charge in [0.05, 0.1) is 13.7 Å². The highest BCUT2D eigenvalue weighted by atomic mass is 16.5. The zero-order chi connectivity index (χ0) is 19.2. The Morgan fingerprint density at radius 3 is 2.78 bits per heavy atom. The van der Waals surface area contributed by atoms with Gasteiger partial charge in [0, 0.05) is 25.6 Å². The Morgan fingerprint density at radius 2 is 2.07 bits per heavy atom. The van der Waals surface area contributed by atoms with Gasteiger partial charge in [-0.15, -0.1) is 0 Å². The first kappa shape index (κ1) is 18.4. The lowest BCUT2D eigenvalue weighted by molar-refractivity contribution is 0.0936. The first-order valence-corrected chi connectivity index (χ1v) is 8.64. The number of rotatable bonds is 7. The lowest BCUT2D eigenvalue weighted by Crippen LogP contribution is -2.31. The van der Waals surface area contributed by atoms with Crippen LogP contribution in [0.4, 0.5) is 0 Å². The Bertz CT molecular complexity index is 923. The molecule has 0 bridgehead atoms. The largest absolute Gasteiger partial charge is 0.497 e. The zero-order valence-corrected chi connectivity index (χ0v) is 15.5. The van der Waals surface area contributed by atoms with Gasteiger partial charge in [0.25, 0.3) is 5.91 Å². The predicted molar refractivity (Wildman–Crippen MR) is 101 cm³/mol. The van der Waals surface area contributed by atoms with Gasteiger partial charge in [-0.1, -0.05) is 12.1 Å². The maximum absolute atomic E-state index is 13.0. The first-order valence-electron chi connectivity index (χ1n) is 8.64. The maximum Gasteiger partial charge on any atom is 0.257 e. The molecule has 0 aliphatic rings. The topological polar surface area (TPSA) is 78.3 Å². The second-order valence-electron chi connectivity index (χ2n) is 5.87. The van der Waals surface area contributed by atoms with Crippen molar-refractivity contribution in [1.29, 1.82) is 0 Å². The fourth-order valence-corrected chi connectivity index (χ4v) is 2.80. The molecule has 7 heteroatoms. The van der Waals surface area contributed by atoms with E-state index in [0.29, 0.717) is 29.6 Å². The van der Waals surface area contributed by atoms with Crippen LogP contribution in [0.25, 0.3) is 0 Å². The molecule has 7 nitrogen and oxygen atoms in total. The number of methoxy groups -OCH3 is 1. The van der Waals surface area contributed by atoms with Crippen molar-refractivity contribution in [3.05, 3.63) is 71.9 Å². The maximum atomic E-state index is 13.0. The molecule has 1 N–H and O–H groups in total. The average molecular weight is 366 g/mol. The predicted octanol–water partition coefficient (Wildman–Crippen LogP) is 2.74. The summed E-state index contributed by atoms with van der Waals surface area (Å²) in [6, 6.07) is 10.5. The van der Waals surface area contributed by atoms with Crippen LogP contribution in [0.3, 0.4) is 0 Å². The van der Waals surface area contributed by atoms with E-state index in [-0.39, 0.29) is 5.91 Å². The third kappa shape index (κ3) is 4.08. The number of pyridine rings is 1. The number of carbonyl (C=O) groups is 1. The summed E-state index contributed by atoms with van der Waals surface area (Å²) in [6.45, 7) is 2.28. The highest BCUT2D eigenvalue weighted by molar-refractivity contribution is 5.96.